The predicted octanol–water partition coefficient (Wildman–Crippen LogP) is -0.303. The Bertz CT molecular complexity index is 407. The molecule has 114 valence electrons. The van der Waals surface area contributed by atoms with E-state index in [0.29, 0.717) is 0 Å². The second-order valence-corrected chi connectivity index (χ2v) is 4.71. The minimum atomic E-state index is -2.39. The molecule has 1 saturated heterocycles. The zero-order chi connectivity index (χ0) is 15.5. The molecule has 0 saturated carbocycles. The zero-order valence-electron chi connectivity index (χ0n) is 11.1. The van der Waals surface area contributed by atoms with E-state index in [4.69, 9.17) is 30.5 Å². The summed E-state index contributed by atoms with van der Waals surface area (Å²) in [6, 6.07) is 0. The van der Waals surface area contributed by atoms with Crippen LogP contribution >= 0.6 is 11.6 Å². The van der Waals surface area contributed by atoms with Crippen molar-refractivity contribution >= 4 is 29.5 Å². The van der Waals surface area contributed by atoms with Gasteiger partial charge >= 0.3 is 17.9 Å². The Balaban J connectivity index is 3.02. The van der Waals surface area contributed by atoms with Gasteiger partial charge in [-0.15, -0.1) is 0 Å². The first kappa shape index (κ1) is 16.7. The molecule has 0 amide bonds. The lowest BCUT2D eigenvalue weighted by Gasteiger charge is -2.41. The lowest BCUT2D eigenvalue weighted by Crippen LogP contribution is -2.61. The maximum absolute atomic E-state index is 11.1. The number of alkyl halides is 1. The van der Waals surface area contributed by atoms with Gasteiger partial charge in [-0.1, -0.05) is 11.6 Å². The minimum Gasteiger partial charge on any atom is -0.456 e. The lowest BCUT2D eigenvalue weighted by atomic mass is 10.0. The molecule has 0 spiro atoms. The molecule has 0 aliphatic carbocycles. The van der Waals surface area contributed by atoms with Gasteiger partial charge in [-0.2, -0.15) is 0 Å². The fourth-order valence-corrected chi connectivity index (χ4v) is 1.97. The van der Waals surface area contributed by atoms with Crippen molar-refractivity contribution in [3.05, 3.63) is 0 Å². The summed E-state index contributed by atoms with van der Waals surface area (Å²) in [5.41, 5.74) is 0. The Kier molecular flexibility index (Phi) is 5.32. The normalized spacial score (nSPS) is 33.1. The topological polar surface area (TPSA) is 108 Å². The lowest BCUT2D eigenvalue weighted by molar-refractivity contribution is -0.287. The van der Waals surface area contributed by atoms with Gasteiger partial charge in [0.1, 0.15) is 0 Å². The number of ether oxygens (including phenoxy) is 4. The van der Waals surface area contributed by atoms with Gasteiger partial charge in [0.05, 0.1) is 6.61 Å². The highest BCUT2D eigenvalue weighted by Gasteiger charge is 2.54. The third kappa shape index (κ3) is 4.32. The maximum Gasteiger partial charge on any atom is 0.303 e. The van der Waals surface area contributed by atoms with E-state index >= 15 is 0 Å². The van der Waals surface area contributed by atoms with Crippen molar-refractivity contribution < 1.29 is 38.4 Å². The van der Waals surface area contributed by atoms with E-state index in [0.717, 1.165) is 20.8 Å². The number of hydrogen-bond acceptors (Lipinski definition) is 8. The molecule has 1 N–H and O–H groups in total. The highest BCUT2D eigenvalue weighted by Crippen LogP contribution is 2.33. The first-order chi connectivity index (χ1) is 9.13. The number of esters is 3. The second kappa shape index (κ2) is 6.38. The number of hydrogen-bond donors (Lipinski definition) is 1. The number of aliphatic hydroxyl groups is 1. The summed E-state index contributed by atoms with van der Waals surface area (Å²) in [4.78, 5) is 33.2. The second-order valence-electron chi connectivity index (χ2n) is 4.17. The molecule has 9 heteroatoms. The fourth-order valence-electron chi connectivity index (χ4n) is 1.74. The average molecular weight is 311 g/mol. The van der Waals surface area contributed by atoms with Crippen molar-refractivity contribution in [3.8, 4) is 0 Å². The highest BCUT2D eigenvalue weighted by atomic mass is 35.5. The average Bonchev–Trinajstić information content (AvgIpc) is 2.26. The smallest absolute Gasteiger partial charge is 0.303 e. The molecule has 0 aromatic rings. The quantitative estimate of drug-likeness (QED) is 0.430. The van der Waals surface area contributed by atoms with Crippen molar-refractivity contribution in [1.29, 1.82) is 0 Å². The van der Waals surface area contributed by atoms with Gasteiger partial charge in [0.15, 0.2) is 12.2 Å². The Hall–Kier alpha value is -1.38. The molecular weight excluding hydrogens is 296 g/mol. The van der Waals surface area contributed by atoms with Crippen LogP contribution in [0.2, 0.25) is 0 Å². The van der Waals surface area contributed by atoms with Crippen LogP contribution in [0.4, 0.5) is 0 Å². The Morgan fingerprint density at radius 3 is 2.05 bits per heavy atom. The molecular formula is C11H15ClO8. The SMILES string of the molecule is CC(=O)O[C@@H]1[C@H](OC(C)=O)COC(O)(Cl)[C@H]1OC(C)=O. The molecule has 1 fully saturated rings. The van der Waals surface area contributed by atoms with Crippen molar-refractivity contribution in [2.24, 2.45) is 0 Å². The largest absolute Gasteiger partial charge is 0.456 e. The van der Waals surface area contributed by atoms with E-state index < -0.39 is 41.5 Å². The van der Waals surface area contributed by atoms with Crippen LogP contribution in [0, 0.1) is 0 Å². The molecule has 1 rings (SSSR count). The van der Waals surface area contributed by atoms with E-state index in [-0.39, 0.29) is 6.61 Å². The summed E-state index contributed by atoms with van der Waals surface area (Å²) in [6.07, 6.45) is -3.88. The summed E-state index contributed by atoms with van der Waals surface area (Å²) >= 11 is 5.69. The van der Waals surface area contributed by atoms with E-state index in [2.05, 4.69) is 0 Å². The van der Waals surface area contributed by atoms with Crippen LogP contribution in [0.1, 0.15) is 20.8 Å². The third-order valence-corrected chi connectivity index (χ3v) is 2.70. The summed E-state index contributed by atoms with van der Waals surface area (Å²) < 4.78 is 19.5. The van der Waals surface area contributed by atoms with Crippen LogP contribution < -0.4 is 0 Å². The molecule has 0 aromatic heterocycles. The fraction of sp³-hybridized carbons (Fsp3) is 0.727. The number of rotatable bonds is 3. The van der Waals surface area contributed by atoms with E-state index in [9.17, 15) is 19.5 Å². The summed E-state index contributed by atoms with van der Waals surface area (Å²) in [5.74, 6) is -2.16. The molecule has 1 unspecified atom stereocenters. The number of carbonyl (C=O) groups is 3. The molecule has 1 aliphatic heterocycles. The summed E-state index contributed by atoms with van der Waals surface area (Å²) in [5, 5.41) is 7.47. The predicted molar refractivity (Wildman–Crippen MR) is 63.4 cm³/mol. The van der Waals surface area contributed by atoms with E-state index in [1.165, 1.54) is 0 Å². The number of carbonyl (C=O) groups excluding carboxylic acids is 3. The van der Waals surface area contributed by atoms with E-state index in [1.807, 2.05) is 0 Å². The highest BCUT2D eigenvalue weighted by molar-refractivity contribution is 6.22. The molecule has 4 atom stereocenters. The van der Waals surface area contributed by atoms with Crippen molar-refractivity contribution in [2.45, 2.75) is 44.3 Å². The van der Waals surface area contributed by atoms with Crippen molar-refractivity contribution in [2.75, 3.05) is 6.61 Å². The molecule has 0 bridgehead atoms. The van der Waals surface area contributed by atoms with Crippen LogP contribution in [0.15, 0.2) is 0 Å². The van der Waals surface area contributed by atoms with Crippen LogP contribution in [0.25, 0.3) is 0 Å². The van der Waals surface area contributed by atoms with Gasteiger partial charge in [-0.25, -0.2) is 0 Å². The Labute approximate surface area is 119 Å². The van der Waals surface area contributed by atoms with Crippen LogP contribution in [0.5, 0.6) is 0 Å². The van der Waals surface area contributed by atoms with Gasteiger partial charge in [-0.05, 0) is 0 Å². The Morgan fingerprint density at radius 2 is 1.60 bits per heavy atom. The van der Waals surface area contributed by atoms with Gasteiger partial charge in [0.2, 0.25) is 6.10 Å². The monoisotopic (exact) mass is 310 g/mol. The maximum atomic E-state index is 11.1. The molecule has 0 aromatic carbocycles. The van der Waals surface area contributed by atoms with Crippen LogP contribution in [-0.4, -0.2) is 53.2 Å². The van der Waals surface area contributed by atoms with Gasteiger partial charge in [-0.3, -0.25) is 14.4 Å². The molecule has 1 heterocycles. The minimum absolute atomic E-state index is 0.324. The zero-order valence-corrected chi connectivity index (χ0v) is 11.9. The Morgan fingerprint density at radius 1 is 1.10 bits per heavy atom. The van der Waals surface area contributed by atoms with Crippen LogP contribution in [-0.2, 0) is 33.3 Å². The van der Waals surface area contributed by atoms with Crippen LogP contribution in [0.3, 0.4) is 0 Å². The standard InChI is InChI=1S/C11H15ClO8/c1-5(13)18-8-4-17-11(12,16)10(20-7(3)15)9(8)19-6(2)14/h8-10,16H,4H2,1-3H3/t8-,9-,10+,11?/m1/s1. The summed E-state index contributed by atoms with van der Waals surface area (Å²) in [6.45, 7) is 3.01. The van der Waals surface area contributed by atoms with Crippen molar-refractivity contribution in [1.82, 2.24) is 0 Å². The van der Waals surface area contributed by atoms with Gasteiger partial charge in [0, 0.05) is 20.8 Å². The molecule has 1 aliphatic rings. The van der Waals surface area contributed by atoms with E-state index in [1.54, 1.807) is 0 Å². The number of halogens is 1. The van der Waals surface area contributed by atoms with Gasteiger partial charge in [0.25, 0.3) is 5.25 Å². The van der Waals surface area contributed by atoms with Gasteiger partial charge < -0.3 is 24.1 Å². The molecule has 20 heavy (non-hydrogen) atoms. The van der Waals surface area contributed by atoms with Crippen molar-refractivity contribution in [3.63, 3.8) is 0 Å². The first-order valence-electron chi connectivity index (χ1n) is 5.70. The molecule has 0 radical (unpaired) electrons. The third-order valence-electron chi connectivity index (χ3n) is 2.38. The first-order valence-corrected chi connectivity index (χ1v) is 6.08. The molecule has 8 nitrogen and oxygen atoms in total. The summed E-state index contributed by atoms with van der Waals surface area (Å²) in [7, 11) is 0.